The van der Waals surface area contributed by atoms with Crippen LogP contribution >= 0.6 is 0 Å². The second-order valence-electron chi connectivity index (χ2n) is 4.63. The van der Waals surface area contributed by atoms with E-state index in [1.54, 1.807) is 12.1 Å². The SMILES string of the molecule is CCc1ccccc1S(=O)(=O)NC1CCCNC1. The summed E-state index contributed by atoms with van der Waals surface area (Å²) in [5, 5.41) is 3.21. The molecular weight excluding hydrogens is 248 g/mol. The molecule has 1 atom stereocenters. The Bertz CT molecular complexity index is 493. The molecule has 18 heavy (non-hydrogen) atoms. The summed E-state index contributed by atoms with van der Waals surface area (Å²) in [6, 6.07) is 7.20. The number of hydrogen-bond donors (Lipinski definition) is 2. The maximum atomic E-state index is 12.3. The molecule has 2 rings (SSSR count). The lowest BCUT2D eigenvalue weighted by atomic mass is 10.1. The van der Waals surface area contributed by atoms with E-state index < -0.39 is 10.0 Å². The third kappa shape index (κ3) is 3.10. The molecule has 0 bridgehead atoms. The first kappa shape index (κ1) is 13.5. The van der Waals surface area contributed by atoms with Gasteiger partial charge in [-0.15, -0.1) is 0 Å². The van der Waals surface area contributed by atoms with E-state index in [4.69, 9.17) is 0 Å². The zero-order valence-electron chi connectivity index (χ0n) is 10.6. The first-order chi connectivity index (χ1) is 8.63. The van der Waals surface area contributed by atoms with E-state index in [2.05, 4.69) is 10.0 Å². The second kappa shape index (κ2) is 5.82. The third-order valence-electron chi connectivity index (χ3n) is 3.26. The standard InChI is InChI=1S/C13H20N2O2S/c1-2-11-6-3-4-8-13(11)18(16,17)15-12-7-5-9-14-10-12/h3-4,6,8,12,14-15H,2,5,7,9-10H2,1H3. The van der Waals surface area contributed by atoms with E-state index in [0.29, 0.717) is 11.4 Å². The largest absolute Gasteiger partial charge is 0.315 e. The van der Waals surface area contributed by atoms with Crippen LogP contribution < -0.4 is 10.0 Å². The van der Waals surface area contributed by atoms with Crippen LogP contribution in [0.15, 0.2) is 29.2 Å². The molecule has 0 amide bonds. The van der Waals surface area contributed by atoms with Crippen molar-refractivity contribution in [3.8, 4) is 0 Å². The van der Waals surface area contributed by atoms with E-state index >= 15 is 0 Å². The summed E-state index contributed by atoms with van der Waals surface area (Å²) in [5.74, 6) is 0. The van der Waals surface area contributed by atoms with Crippen molar-refractivity contribution in [3.63, 3.8) is 0 Å². The van der Waals surface area contributed by atoms with Gasteiger partial charge in [0.05, 0.1) is 4.90 Å². The molecule has 1 aliphatic heterocycles. The van der Waals surface area contributed by atoms with E-state index in [1.807, 2.05) is 19.1 Å². The Morgan fingerprint density at radius 2 is 2.17 bits per heavy atom. The number of nitrogens with one attached hydrogen (secondary N) is 2. The van der Waals surface area contributed by atoms with Crippen LogP contribution in [0.3, 0.4) is 0 Å². The fourth-order valence-electron chi connectivity index (χ4n) is 2.29. The maximum absolute atomic E-state index is 12.3. The zero-order valence-corrected chi connectivity index (χ0v) is 11.5. The summed E-state index contributed by atoms with van der Waals surface area (Å²) in [6.07, 6.45) is 2.64. The number of benzene rings is 1. The third-order valence-corrected chi connectivity index (χ3v) is 4.88. The smallest absolute Gasteiger partial charge is 0.241 e. The van der Waals surface area contributed by atoms with Crippen molar-refractivity contribution in [2.24, 2.45) is 0 Å². The number of aryl methyl sites for hydroxylation is 1. The lowest BCUT2D eigenvalue weighted by Crippen LogP contribution is -2.45. The van der Waals surface area contributed by atoms with Gasteiger partial charge in [0.25, 0.3) is 0 Å². The van der Waals surface area contributed by atoms with Gasteiger partial charge in [-0.2, -0.15) is 0 Å². The molecule has 1 saturated heterocycles. The van der Waals surface area contributed by atoms with Gasteiger partial charge in [-0.1, -0.05) is 25.1 Å². The Labute approximate surface area is 109 Å². The Hall–Kier alpha value is -0.910. The summed E-state index contributed by atoms with van der Waals surface area (Å²) < 4.78 is 27.5. The van der Waals surface area contributed by atoms with Crippen LogP contribution in [0.4, 0.5) is 0 Å². The first-order valence-electron chi connectivity index (χ1n) is 6.44. The van der Waals surface area contributed by atoms with Gasteiger partial charge in [-0.25, -0.2) is 13.1 Å². The van der Waals surface area contributed by atoms with Crippen molar-refractivity contribution in [2.45, 2.75) is 37.1 Å². The van der Waals surface area contributed by atoms with E-state index in [1.165, 1.54) is 0 Å². The predicted molar refractivity (Wildman–Crippen MR) is 72.0 cm³/mol. The van der Waals surface area contributed by atoms with Gasteiger partial charge in [0, 0.05) is 12.6 Å². The van der Waals surface area contributed by atoms with Crippen LogP contribution in [0.25, 0.3) is 0 Å². The lowest BCUT2D eigenvalue weighted by molar-refractivity contribution is 0.428. The van der Waals surface area contributed by atoms with Crippen LogP contribution in [0.2, 0.25) is 0 Å². The number of hydrogen-bond acceptors (Lipinski definition) is 3. The molecule has 1 heterocycles. The fourth-order valence-corrected chi connectivity index (χ4v) is 3.88. The molecule has 4 nitrogen and oxygen atoms in total. The van der Waals surface area contributed by atoms with Crippen LogP contribution in [-0.2, 0) is 16.4 Å². The Kier molecular flexibility index (Phi) is 4.37. The molecule has 100 valence electrons. The maximum Gasteiger partial charge on any atom is 0.241 e. The molecule has 5 heteroatoms. The Morgan fingerprint density at radius 3 is 2.83 bits per heavy atom. The summed E-state index contributed by atoms with van der Waals surface area (Å²) in [7, 11) is -3.39. The molecule has 2 N–H and O–H groups in total. The van der Waals surface area contributed by atoms with Crippen LogP contribution in [0.5, 0.6) is 0 Å². The summed E-state index contributed by atoms with van der Waals surface area (Å²) in [4.78, 5) is 0.415. The molecule has 1 aliphatic rings. The van der Waals surface area contributed by atoms with Gasteiger partial charge < -0.3 is 5.32 Å². The average molecular weight is 268 g/mol. The molecule has 1 aromatic carbocycles. The predicted octanol–water partition coefficient (Wildman–Crippen LogP) is 1.28. The van der Waals surface area contributed by atoms with Gasteiger partial charge in [-0.05, 0) is 37.4 Å². The van der Waals surface area contributed by atoms with Crippen LogP contribution in [0.1, 0.15) is 25.3 Å². The summed E-state index contributed by atoms with van der Waals surface area (Å²) >= 11 is 0. The van der Waals surface area contributed by atoms with Crippen molar-refractivity contribution >= 4 is 10.0 Å². The monoisotopic (exact) mass is 268 g/mol. The fraction of sp³-hybridized carbons (Fsp3) is 0.538. The minimum absolute atomic E-state index is 0.00802. The normalized spacial score (nSPS) is 20.8. The zero-order chi connectivity index (χ0) is 13.0. The van der Waals surface area contributed by atoms with Crippen molar-refractivity contribution in [3.05, 3.63) is 29.8 Å². The minimum Gasteiger partial charge on any atom is -0.315 e. The summed E-state index contributed by atoms with van der Waals surface area (Å²) in [6.45, 7) is 3.66. The molecule has 0 spiro atoms. The first-order valence-corrected chi connectivity index (χ1v) is 7.93. The molecule has 0 saturated carbocycles. The van der Waals surface area contributed by atoms with E-state index in [-0.39, 0.29) is 6.04 Å². The average Bonchev–Trinajstić information content (AvgIpc) is 2.39. The van der Waals surface area contributed by atoms with E-state index in [0.717, 1.165) is 31.4 Å². The molecule has 1 aromatic rings. The van der Waals surface area contributed by atoms with Gasteiger partial charge in [0.2, 0.25) is 10.0 Å². The Morgan fingerprint density at radius 1 is 1.39 bits per heavy atom. The van der Waals surface area contributed by atoms with Gasteiger partial charge in [0.15, 0.2) is 0 Å². The van der Waals surface area contributed by atoms with E-state index in [9.17, 15) is 8.42 Å². The molecule has 1 unspecified atom stereocenters. The van der Waals surface area contributed by atoms with Crippen molar-refractivity contribution in [1.82, 2.24) is 10.0 Å². The number of piperidine rings is 1. The highest BCUT2D eigenvalue weighted by Crippen LogP contribution is 2.17. The van der Waals surface area contributed by atoms with Crippen LogP contribution in [0, 0.1) is 0 Å². The van der Waals surface area contributed by atoms with Gasteiger partial charge >= 0.3 is 0 Å². The lowest BCUT2D eigenvalue weighted by Gasteiger charge is -2.24. The molecule has 0 radical (unpaired) electrons. The topological polar surface area (TPSA) is 58.2 Å². The van der Waals surface area contributed by atoms with Gasteiger partial charge in [0.1, 0.15) is 0 Å². The van der Waals surface area contributed by atoms with Crippen molar-refractivity contribution < 1.29 is 8.42 Å². The van der Waals surface area contributed by atoms with Crippen LogP contribution in [-0.4, -0.2) is 27.5 Å². The second-order valence-corrected chi connectivity index (χ2v) is 6.31. The molecule has 0 aliphatic carbocycles. The molecule has 1 fully saturated rings. The van der Waals surface area contributed by atoms with Crippen molar-refractivity contribution in [2.75, 3.05) is 13.1 Å². The molecular formula is C13H20N2O2S. The highest BCUT2D eigenvalue weighted by atomic mass is 32.2. The van der Waals surface area contributed by atoms with Gasteiger partial charge in [-0.3, -0.25) is 0 Å². The highest BCUT2D eigenvalue weighted by molar-refractivity contribution is 7.89. The Balaban J connectivity index is 2.19. The minimum atomic E-state index is -3.39. The molecule has 0 aromatic heterocycles. The quantitative estimate of drug-likeness (QED) is 0.865. The number of rotatable bonds is 4. The highest BCUT2D eigenvalue weighted by Gasteiger charge is 2.23. The number of sulfonamides is 1. The summed E-state index contributed by atoms with van der Waals surface area (Å²) in [5.41, 5.74) is 0.869. The van der Waals surface area contributed by atoms with Crippen molar-refractivity contribution in [1.29, 1.82) is 0 Å².